The lowest BCUT2D eigenvalue weighted by Gasteiger charge is -2.14. The normalized spacial score (nSPS) is 13.5. The monoisotopic (exact) mass is 343 g/mol. The number of ether oxygens (including phenoxy) is 1. The van der Waals surface area contributed by atoms with Crippen LogP contribution in [0.15, 0.2) is 18.2 Å². The van der Waals surface area contributed by atoms with Crippen molar-refractivity contribution in [1.82, 2.24) is 0 Å². The molecule has 0 saturated carbocycles. The number of benzene rings is 1. The van der Waals surface area contributed by atoms with Gasteiger partial charge in [-0.15, -0.1) is 0 Å². The zero-order valence-electron chi connectivity index (χ0n) is 11.6. The van der Waals surface area contributed by atoms with Gasteiger partial charge in [-0.2, -0.15) is 21.6 Å². The maximum Gasteiger partial charge on any atom is 0.516 e. The van der Waals surface area contributed by atoms with Gasteiger partial charge in [0.05, 0.1) is 18.2 Å². The fourth-order valence-electron chi connectivity index (χ4n) is 1.49. The second-order valence-electron chi connectivity index (χ2n) is 4.26. The zero-order valence-corrected chi connectivity index (χ0v) is 12.4. The Morgan fingerprint density at radius 1 is 1.36 bits per heavy atom. The Balaban J connectivity index is 3.03. The molecule has 10 heteroatoms. The minimum atomic E-state index is -5.71. The second-order valence-corrected chi connectivity index (χ2v) is 5.94. The van der Waals surface area contributed by atoms with Gasteiger partial charge in [-0.25, -0.2) is 4.39 Å². The molecule has 0 aliphatic rings. The number of carbonyl (C=O) groups excluding carboxylic acids is 1. The SMILES string of the molecule is CCOC(=O)C(C)c1ccc(NS(=O)(=O)C(F)(F)F)c(F)c1. The highest BCUT2D eigenvalue weighted by atomic mass is 32.2. The number of sulfonamides is 1. The third-order valence-corrected chi connectivity index (χ3v) is 3.78. The summed E-state index contributed by atoms with van der Waals surface area (Å²) in [5.74, 6) is -2.71. The molecule has 0 radical (unpaired) electrons. The summed E-state index contributed by atoms with van der Waals surface area (Å²) < 4.78 is 78.0. The van der Waals surface area contributed by atoms with Crippen LogP contribution in [-0.4, -0.2) is 26.5 Å². The van der Waals surface area contributed by atoms with Crippen molar-refractivity contribution in [2.75, 3.05) is 11.3 Å². The lowest BCUT2D eigenvalue weighted by molar-refractivity contribution is -0.144. The lowest BCUT2D eigenvalue weighted by atomic mass is 10.0. The van der Waals surface area contributed by atoms with E-state index >= 15 is 0 Å². The molecule has 1 atom stereocenters. The van der Waals surface area contributed by atoms with Crippen LogP contribution < -0.4 is 4.72 Å². The van der Waals surface area contributed by atoms with E-state index in [0.29, 0.717) is 0 Å². The molecule has 0 amide bonds. The van der Waals surface area contributed by atoms with Crippen LogP contribution in [0.2, 0.25) is 0 Å². The summed E-state index contributed by atoms with van der Waals surface area (Å²) in [6.07, 6.45) is 0. The first-order valence-corrected chi connectivity index (χ1v) is 7.53. The van der Waals surface area contributed by atoms with Crippen LogP contribution in [0.1, 0.15) is 25.3 Å². The van der Waals surface area contributed by atoms with E-state index in [0.717, 1.165) is 22.9 Å². The standard InChI is InChI=1S/C12H13F4NO4S/c1-3-21-11(18)7(2)8-4-5-10(9(13)6-8)17-22(19,20)12(14,15)16/h4-7,17H,3H2,1-2H3. The zero-order chi connectivity index (χ0) is 17.1. The fourth-order valence-corrected chi connectivity index (χ4v) is 2.06. The maximum atomic E-state index is 13.7. The first kappa shape index (κ1) is 18.2. The van der Waals surface area contributed by atoms with E-state index in [9.17, 15) is 30.8 Å². The Kier molecular flexibility index (Phi) is 5.39. The van der Waals surface area contributed by atoms with E-state index in [2.05, 4.69) is 0 Å². The van der Waals surface area contributed by atoms with Gasteiger partial charge in [-0.3, -0.25) is 9.52 Å². The molecule has 0 fully saturated rings. The molecule has 1 aromatic carbocycles. The largest absolute Gasteiger partial charge is 0.516 e. The average Bonchev–Trinajstić information content (AvgIpc) is 2.39. The lowest BCUT2D eigenvalue weighted by Crippen LogP contribution is -2.30. The van der Waals surface area contributed by atoms with Crippen molar-refractivity contribution < 1.29 is 35.5 Å². The molecule has 0 aliphatic heterocycles. The molecule has 0 bridgehead atoms. The van der Waals surface area contributed by atoms with Gasteiger partial charge >= 0.3 is 21.5 Å². The number of hydrogen-bond acceptors (Lipinski definition) is 4. The van der Waals surface area contributed by atoms with Gasteiger partial charge in [0, 0.05) is 0 Å². The molecule has 0 spiro atoms. The van der Waals surface area contributed by atoms with E-state index in [1.54, 1.807) is 6.92 Å². The molecule has 124 valence electrons. The Bertz CT molecular complexity index is 658. The fraction of sp³-hybridized carbons (Fsp3) is 0.417. The molecule has 22 heavy (non-hydrogen) atoms. The van der Waals surface area contributed by atoms with E-state index in [-0.39, 0.29) is 12.2 Å². The summed E-state index contributed by atoms with van der Waals surface area (Å²) in [4.78, 5) is 11.5. The summed E-state index contributed by atoms with van der Waals surface area (Å²) >= 11 is 0. The molecule has 1 N–H and O–H groups in total. The van der Waals surface area contributed by atoms with Crippen molar-refractivity contribution in [1.29, 1.82) is 0 Å². The van der Waals surface area contributed by atoms with Crippen LogP contribution in [0.5, 0.6) is 0 Å². The Hall–Kier alpha value is -1.84. The highest BCUT2D eigenvalue weighted by molar-refractivity contribution is 7.93. The van der Waals surface area contributed by atoms with Crippen LogP contribution in [0.4, 0.5) is 23.2 Å². The third-order valence-electron chi connectivity index (χ3n) is 2.68. The first-order valence-electron chi connectivity index (χ1n) is 6.04. The summed E-state index contributed by atoms with van der Waals surface area (Å²) in [6, 6.07) is 2.72. The van der Waals surface area contributed by atoms with E-state index in [1.165, 1.54) is 6.92 Å². The molecular formula is C12H13F4NO4S. The quantitative estimate of drug-likeness (QED) is 0.659. The average molecular weight is 343 g/mol. The number of carbonyl (C=O) groups is 1. The van der Waals surface area contributed by atoms with Crippen molar-refractivity contribution in [3.63, 3.8) is 0 Å². The van der Waals surface area contributed by atoms with Crippen LogP contribution in [0.25, 0.3) is 0 Å². The summed E-state index contributed by atoms with van der Waals surface area (Å²) in [7, 11) is -5.71. The molecule has 0 heterocycles. The van der Waals surface area contributed by atoms with Gasteiger partial charge in [-0.1, -0.05) is 6.07 Å². The molecule has 0 aromatic heterocycles. The summed E-state index contributed by atoms with van der Waals surface area (Å²) in [5.41, 5.74) is -6.28. The highest BCUT2D eigenvalue weighted by Crippen LogP contribution is 2.28. The minimum absolute atomic E-state index is 0.120. The van der Waals surface area contributed by atoms with Crippen molar-refractivity contribution in [3.8, 4) is 0 Å². The number of rotatable bonds is 5. The minimum Gasteiger partial charge on any atom is -0.466 e. The van der Waals surface area contributed by atoms with E-state index < -0.39 is 38.9 Å². The summed E-state index contributed by atoms with van der Waals surface area (Å²) in [6.45, 7) is 3.13. The van der Waals surface area contributed by atoms with Crippen LogP contribution in [0.3, 0.4) is 0 Å². The van der Waals surface area contributed by atoms with E-state index in [4.69, 9.17) is 4.74 Å². The molecule has 0 aliphatic carbocycles. The van der Waals surface area contributed by atoms with Gasteiger partial charge in [-0.05, 0) is 31.5 Å². The molecule has 5 nitrogen and oxygen atoms in total. The predicted octanol–water partition coefficient (Wildman–Crippen LogP) is 2.75. The number of hydrogen-bond donors (Lipinski definition) is 1. The number of anilines is 1. The second kappa shape index (κ2) is 6.51. The third kappa shape index (κ3) is 4.09. The molecule has 1 unspecified atom stereocenters. The Morgan fingerprint density at radius 3 is 2.41 bits per heavy atom. The number of halogens is 4. The maximum absolute atomic E-state index is 13.7. The molecule has 1 aromatic rings. The van der Waals surface area contributed by atoms with Crippen LogP contribution >= 0.6 is 0 Å². The van der Waals surface area contributed by atoms with Gasteiger partial charge in [0.25, 0.3) is 0 Å². The van der Waals surface area contributed by atoms with Crippen molar-refractivity contribution in [3.05, 3.63) is 29.6 Å². The van der Waals surface area contributed by atoms with Crippen molar-refractivity contribution in [2.24, 2.45) is 0 Å². The Morgan fingerprint density at radius 2 is 1.95 bits per heavy atom. The molecule has 1 rings (SSSR count). The molecule has 0 saturated heterocycles. The number of alkyl halides is 3. The smallest absolute Gasteiger partial charge is 0.466 e. The summed E-state index contributed by atoms with van der Waals surface area (Å²) in [5, 5.41) is 0. The van der Waals surface area contributed by atoms with Crippen LogP contribution in [-0.2, 0) is 19.6 Å². The van der Waals surface area contributed by atoms with E-state index in [1.807, 2.05) is 0 Å². The van der Waals surface area contributed by atoms with Crippen molar-refractivity contribution >= 4 is 21.7 Å². The topological polar surface area (TPSA) is 72.5 Å². The van der Waals surface area contributed by atoms with Gasteiger partial charge < -0.3 is 4.74 Å². The first-order chi connectivity index (χ1) is 9.99. The molecular weight excluding hydrogens is 330 g/mol. The van der Waals surface area contributed by atoms with Gasteiger partial charge in [0.15, 0.2) is 0 Å². The number of nitrogens with one attached hydrogen (secondary N) is 1. The van der Waals surface area contributed by atoms with Crippen LogP contribution in [0, 0.1) is 5.82 Å². The van der Waals surface area contributed by atoms with Gasteiger partial charge in [0.1, 0.15) is 5.82 Å². The predicted molar refractivity (Wildman–Crippen MR) is 70.0 cm³/mol. The highest BCUT2D eigenvalue weighted by Gasteiger charge is 2.46. The number of esters is 1. The Labute approximate surface area is 124 Å². The van der Waals surface area contributed by atoms with Gasteiger partial charge in [0.2, 0.25) is 0 Å². The van der Waals surface area contributed by atoms with Crippen molar-refractivity contribution in [2.45, 2.75) is 25.3 Å².